The van der Waals surface area contributed by atoms with E-state index in [1.54, 1.807) is 0 Å². The molecule has 19 heavy (non-hydrogen) atoms. The molecule has 2 fully saturated rings. The van der Waals surface area contributed by atoms with Gasteiger partial charge in [0, 0.05) is 30.7 Å². The molecule has 0 aromatic carbocycles. The van der Waals surface area contributed by atoms with Gasteiger partial charge in [0.2, 0.25) is 0 Å². The second kappa shape index (κ2) is 6.13. The van der Waals surface area contributed by atoms with Gasteiger partial charge in [-0.15, -0.1) is 0 Å². The fraction of sp³-hybridized carbons (Fsp3) is 1.00. The molecule has 1 N–H and O–H groups in total. The fourth-order valence-electron chi connectivity index (χ4n) is 4.07. The van der Waals surface area contributed by atoms with Crippen molar-refractivity contribution >= 4 is 0 Å². The number of rotatable bonds is 5. The van der Waals surface area contributed by atoms with E-state index in [4.69, 9.17) is 0 Å². The van der Waals surface area contributed by atoms with E-state index in [0.717, 1.165) is 5.92 Å². The highest BCUT2D eigenvalue weighted by Gasteiger charge is 2.47. The lowest BCUT2D eigenvalue weighted by Crippen LogP contribution is -2.69. The molecule has 0 amide bonds. The van der Waals surface area contributed by atoms with Gasteiger partial charge >= 0.3 is 0 Å². The van der Waals surface area contributed by atoms with Crippen molar-refractivity contribution in [2.24, 2.45) is 5.92 Å². The minimum absolute atomic E-state index is 0.376. The van der Waals surface area contributed by atoms with Crippen molar-refractivity contribution in [2.45, 2.75) is 83.7 Å². The molecule has 0 aromatic heterocycles. The van der Waals surface area contributed by atoms with Crippen molar-refractivity contribution < 1.29 is 0 Å². The Morgan fingerprint density at radius 3 is 2.26 bits per heavy atom. The van der Waals surface area contributed by atoms with Gasteiger partial charge in [-0.25, -0.2) is 0 Å². The van der Waals surface area contributed by atoms with E-state index in [0.29, 0.717) is 11.1 Å². The number of piperazine rings is 1. The summed E-state index contributed by atoms with van der Waals surface area (Å²) in [6.45, 7) is 13.3. The predicted octanol–water partition coefficient (Wildman–Crippen LogP) is 3.81. The van der Waals surface area contributed by atoms with Gasteiger partial charge in [0.25, 0.3) is 0 Å². The Kier molecular flexibility index (Phi) is 4.94. The highest BCUT2D eigenvalue weighted by atomic mass is 15.3. The first kappa shape index (κ1) is 15.3. The van der Waals surface area contributed by atoms with Crippen molar-refractivity contribution in [3.63, 3.8) is 0 Å². The van der Waals surface area contributed by atoms with Crippen LogP contribution >= 0.6 is 0 Å². The molecule has 1 saturated heterocycles. The maximum Gasteiger partial charge on any atom is 0.0335 e. The van der Waals surface area contributed by atoms with E-state index >= 15 is 0 Å². The zero-order chi connectivity index (χ0) is 13.9. The van der Waals surface area contributed by atoms with Gasteiger partial charge in [-0.3, -0.25) is 4.90 Å². The van der Waals surface area contributed by atoms with Gasteiger partial charge in [0.1, 0.15) is 0 Å². The largest absolute Gasteiger partial charge is 0.308 e. The molecule has 1 unspecified atom stereocenters. The van der Waals surface area contributed by atoms with Gasteiger partial charge < -0.3 is 5.32 Å². The normalized spacial score (nSPS) is 27.8. The molecule has 1 heterocycles. The van der Waals surface area contributed by atoms with Gasteiger partial charge in [0.15, 0.2) is 0 Å². The average molecular weight is 266 g/mol. The van der Waals surface area contributed by atoms with E-state index in [9.17, 15) is 0 Å². The standard InChI is InChI=1S/C17H34N2/c1-5-15(4)12-19-14-16(6-2,7-3)18-13-17(19)10-8-9-11-17/h15,18H,5-14H2,1-4H3. The van der Waals surface area contributed by atoms with Crippen molar-refractivity contribution in [1.29, 1.82) is 0 Å². The van der Waals surface area contributed by atoms with Crippen molar-refractivity contribution in [2.75, 3.05) is 19.6 Å². The smallest absolute Gasteiger partial charge is 0.0335 e. The predicted molar refractivity (Wildman–Crippen MR) is 83.5 cm³/mol. The summed E-state index contributed by atoms with van der Waals surface area (Å²) in [6, 6.07) is 0. The third kappa shape index (κ3) is 3.00. The van der Waals surface area contributed by atoms with Gasteiger partial charge in [-0.1, -0.05) is 47.0 Å². The minimum atomic E-state index is 0.376. The maximum absolute atomic E-state index is 3.94. The molecule has 2 aliphatic rings. The Bertz CT molecular complexity index is 277. The van der Waals surface area contributed by atoms with Crippen LogP contribution < -0.4 is 5.32 Å². The Labute approximate surface area is 120 Å². The van der Waals surface area contributed by atoms with E-state index in [-0.39, 0.29) is 0 Å². The van der Waals surface area contributed by atoms with Crippen LogP contribution in [0.25, 0.3) is 0 Å². The third-order valence-electron chi connectivity index (χ3n) is 6.07. The minimum Gasteiger partial charge on any atom is -0.308 e. The fourth-order valence-corrected chi connectivity index (χ4v) is 4.07. The van der Waals surface area contributed by atoms with Crippen LogP contribution in [-0.2, 0) is 0 Å². The molecule has 1 saturated carbocycles. The first-order valence-electron chi connectivity index (χ1n) is 8.60. The van der Waals surface area contributed by atoms with Crippen molar-refractivity contribution in [3.05, 3.63) is 0 Å². The van der Waals surface area contributed by atoms with Crippen LogP contribution in [0.2, 0.25) is 0 Å². The summed E-state index contributed by atoms with van der Waals surface area (Å²) in [4.78, 5) is 2.89. The van der Waals surface area contributed by atoms with Crippen LogP contribution in [0.3, 0.4) is 0 Å². The Balaban J connectivity index is 2.13. The summed E-state index contributed by atoms with van der Waals surface area (Å²) in [7, 11) is 0. The summed E-state index contributed by atoms with van der Waals surface area (Å²) in [6.07, 6.45) is 9.53. The SMILES string of the molecule is CCC(C)CN1CC(CC)(CC)NCC12CCCC2. The van der Waals surface area contributed by atoms with Gasteiger partial charge in [-0.2, -0.15) is 0 Å². The molecule has 2 nitrogen and oxygen atoms in total. The van der Waals surface area contributed by atoms with Gasteiger partial charge in [-0.05, 0) is 31.6 Å². The molecule has 112 valence electrons. The van der Waals surface area contributed by atoms with Crippen LogP contribution in [0.1, 0.15) is 72.6 Å². The molecular weight excluding hydrogens is 232 g/mol. The maximum atomic E-state index is 3.94. The average Bonchev–Trinajstić information content (AvgIpc) is 2.91. The lowest BCUT2D eigenvalue weighted by atomic mass is 9.82. The molecule has 0 aromatic rings. The quantitative estimate of drug-likeness (QED) is 0.814. The van der Waals surface area contributed by atoms with Crippen molar-refractivity contribution in [3.8, 4) is 0 Å². The van der Waals surface area contributed by atoms with Crippen LogP contribution in [0.4, 0.5) is 0 Å². The van der Waals surface area contributed by atoms with E-state index in [1.165, 1.54) is 64.6 Å². The highest BCUT2D eigenvalue weighted by molar-refractivity contribution is 5.06. The summed E-state index contributed by atoms with van der Waals surface area (Å²) in [5, 5.41) is 3.94. The molecular formula is C17H34N2. The monoisotopic (exact) mass is 266 g/mol. The van der Waals surface area contributed by atoms with Crippen LogP contribution in [0.15, 0.2) is 0 Å². The second-order valence-corrected chi connectivity index (χ2v) is 7.17. The molecule has 1 spiro atoms. The summed E-state index contributed by atoms with van der Waals surface area (Å²) < 4.78 is 0. The molecule has 1 aliphatic carbocycles. The van der Waals surface area contributed by atoms with Crippen molar-refractivity contribution in [1.82, 2.24) is 10.2 Å². The topological polar surface area (TPSA) is 15.3 Å². The lowest BCUT2D eigenvalue weighted by Gasteiger charge is -2.54. The number of nitrogens with zero attached hydrogens (tertiary/aromatic N) is 1. The lowest BCUT2D eigenvalue weighted by molar-refractivity contribution is -0.00517. The summed E-state index contributed by atoms with van der Waals surface area (Å²) >= 11 is 0. The first-order valence-corrected chi connectivity index (χ1v) is 8.60. The molecule has 1 aliphatic heterocycles. The molecule has 2 rings (SSSR count). The molecule has 0 radical (unpaired) electrons. The zero-order valence-corrected chi connectivity index (χ0v) is 13.6. The number of nitrogens with one attached hydrogen (secondary N) is 1. The number of hydrogen-bond acceptors (Lipinski definition) is 2. The van der Waals surface area contributed by atoms with E-state index in [1.807, 2.05) is 0 Å². The molecule has 1 atom stereocenters. The highest BCUT2D eigenvalue weighted by Crippen LogP contribution is 2.40. The summed E-state index contributed by atoms with van der Waals surface area (Å²) in [5.41, 5.74) is 0.874. The Hall–Kier alpha value is -0.0800. The van der Waals surface area contributed by atoms with Crippen LogP contribution in [0, 0.1) is 5.92 Å². The van der Waals surface area contributed by atoms with Crippen LogP contribution in [0.5, 0.6) is 0 Å². The van der Waals surface area contributed by atoms with E-state index in [2.05, 4.69) is 37.9 Å². The summed E-state index contributed by atoms with van der Waals surface area (Å²) in [5.74, 6) is 0.835. The Morgan fingerprint density at radius 1 is 1.11 bits per heavy atom. The third-order valence-corrected chi connectivity index (χ3v) is 6.07. The van der Waals surface area contributed by atoms with Crippen LogP contribution in [-0.4, -0.2) is 35.6 Å². The van der Waals surface area contributed by atoms with E-state index < -0.39 is 0 Å². The van der Waals surface area contributed by atoms with Gasteiger partial charge in [0.05, 0.1) is 0 Å². The Morgan fingerprint density at radius 2 is 1.74 bits per heavy atom. The molecule has 0 bridgehead atoms. The zero-order valence-electron chi connectivity index (χ0n) is 13.6. The first-order chi connectivity index (χ1) is 9.10. The molecule has 2 heteroatoms. The second-order valence-electron chi connectivity index (χ2n) is 7.17. The number of hydrogen-bond donors (Lipinski definition) is 1.